The van der Waals surface area contributed by atoms with Gasteiger partial charge in [-0.2, -0.15) is 0 Å². The summed E-state index contributed by atoms with van der Waals surface area (Å²) in [6.45, 7) is 1.98. The van der Waals surface area contributed by atoms with Crippen molar-refractivity contribution in [1.29, 1.82) is 0 Å². The maximum absolute atomic E-state index is 11.0. The van der Waals surface area contributed by atoms with E-state index in [1.54, 1.807) is 12.1 Å². The predicted octanol–water partition coefficient (Wildman–Crippen LogP) is 1.46. The highest BCUT2D eigenvalue weighted by molar-refractivity contribution is 5.36. The molecule has 0 aromatic heterocycles. The first kappa shape index (κ1) is 13.5. The second kappa shape index (κ2) is 5.47. The van der Waals surface area contributed by atoms with Crippen molar-refractivity contribution in [2.75, 3.05) is 19.7 Å². The summed E-state index contributed by atoms with van der Waals surface area (Å²) in [5.74, 6) is 0. The van der Waals surface area contributed by atoms with Crippen LogP contribution in [-0.2, 0) is 4.74 Å². The fourth-order valence-electron chi connectivity index (χ4n) is 2.99. The number of nitro benzene ring substituents is 1. The lowest BCUT2D eigenvalue weighted by atomic mass is 9.97. The van der Waals surface area contributed by atoms with Gasteiger partial charge in [0.15, 0.2) is 0 Å². The van der Waals surface area contributed by atoms with Crippen molar-refractivity contribution in [2.45, 2.75) is 31.0 Å². The van der Waals surface area contributed by atoms with Crippen LogP contribution in [0.4, 0.5) is 5.69 Å². The summed E-state index contributed by atoms with van der Waals surface area (Å²) in [5, 5.41) is 11.0. The Balaban J connectivity index is 1.93. The normalized spacial score (nSPS) is 27.4. The van der Waals surface area contributed by atoms with Crippen LogP contribution in [0, 0.1) is 10.1 Å². The molecule has 3 rings (SSSR count). The minimum Gasteiger partial charge on any atom is -0.374 e. The first-order valence-electron chi connectivity index (χ1n) is 7.02. The SMILES string of the molecule is NCC1OCCN(C2CC2)C1c1cccc([N+](=O)[O-])c1. The lowest BCUT2D eigenvalue weighted by Crippen LogP contribution is -2.49. The number of benzene rings is 1. The van der Waals surface area contributed by atoms with Gasteiger partial charge in [-0.25, -0.2) is 0 Å². The third-order valence-corrected chi connectivity index (χ3v) is 4.06. The highest BCUT2D eigenvalue weighted by atomic mass is 16.6. The lowest BCUT2D eigenvalue weighted by Gasteiger charge is -2.41. The summed E-state index contributed by atoms with van der Waals surface area (Å²) in [5.41, 5.74) is 6.88. The molecule has 2 unspecified atom stereocenters. The Kier molecular flexibility index (Phi) is 3.69. The van der Waals surface area contributed by atoms with E-state index < -0.39 is 0 Å². The van der Waals surface area contributed by atoms with Gasteiger partial charge < -0.3 is 10.5 Å². The molecule has 108 valence electrons. The molecule has 1 aromatic carbocycles. The fraction of sp³-hybridized carbons (Fsp3) is 0.571. The van der Waals surface area contributed by atoms with Crippen LogP contribution in [0.25, 0.3) is 0 Å². The standard InChI is InChI=1S/C14H19N3O3/c15-9-13-14(16(6-7-20-13)11-4-5-11)10-2-1-3-12(8-10)17(18)19/h1-3,8,11,13-14H,4-7,9,15H2. The van der Waals surface area contributed by atoms with Crippen molar-refractivity contribution in [2.24, 2.45) is 5.73 Å². The molecule has 20 heavy (non-hydrogen) atoms. The zero-order valence-electron chi connectivity index (χ0n) is 11.3. The minimum atomic E-state index is -0.355. The first-order chi connectivity index (χ1) is 9.70. The number of nitro groups is 1. The van der Waals surface area contributed by atoms with Gasteiger partial charge in [0.1, 0.15) is 0 Å². The Bertz CT molecular complexity index is 504. The van der Waals surface area contributed by atoms with Gasteiger partial charge in [0.05, 0.1) is 23.7 Å². The van der Waals surface area contributed by atoms with Crippen LogP contribution >= 0.6 is 0 Å². The largest absolute Gasteiger partial charge is 0.374 e. The number of nitrogens with two attached hydrogens (primary N) is 1. The molecule has 2 aliphatic rings. The average Bonchev–Trinajstić information content (AvgIpc) is 3.31. The van der Waals surface area contributed by atoms with Crippen molar-refractivity contribution in [3.05, 3.63) is 39.9 Å². The van der Waals surface area contributed by atoms with Gasteiger partial charge in [0, 0.05) is 31.3 Å². The van der Waals surface area contributed by atoms with Crippen LogP contribution in [0.5, 0.6) is 0 Å². The molecular formula is C14H19N3O3. The maximum Gasteiger partial charge on any atom is 0.269 e. The molecule has 1 aliphatic carbocycles. The molecule has 1 heterocycles. The van der Waals surface area contributed by atoms with Crippen molar-refractivity contribution in [1.82, 2.24) is 4.90 Å². The molecule has 2 fully saturated rings. The molecule has 0 spiro atoms. The Hall–Kier alpha value is -1.50. The molecule has 0 radical (unpaired) electrons. The molecule has 6 nitrogen and oxygen atoms in total. The van der Waals surface area contributed by atoms with Crippen LogP contribution in [0.3, 0.4) is 0 Å². The summed E-state index contributed by atoms with van der Waals surface area (Å²) in [7, 11) is 0. The third kappa shape index (κ3) is 2.54. The molecule has 1 aromatic rings. The van der Waals surface area contributed by atoms with Crippen molar-refractivity contribution in [3.8, 4) is 0 Å². The second-order valence-electron chi connectivity index (χ2n) is 5.41. The van der Waals surface area contributed by atoms with E-state index in [1.807, 2.05) is 6.07 Å². The average molecular weight is 277 g/mol. The van der Waals surface area contributed by atoms with E-state index in [2.05, 4.69) is 4.90 Å². The topological polar surface area (TPSA) is 81.6 Å². The van der Waals surface area contributed by atoms with Crippen molar-refractivity contribution < 1.29 is 9.66 Å². The van der Waals surface area contributed by atoms with Crippen molar-refractivity contribution >= 4 is 5.69 Å². The van der Waals surface area contributed by atoms with Gasteiger partial charge in [-0.1, -0.05) is 12.1 Å². The minimum absolute atomic E-state index is 0.0288. The zero-order valence-corrected chi connectivity index (χ0v) is 11.3. The number of hydrogen-bond donors (Lipinski definition) is 1. The van der Waals surface area contributed by atoms with E-state index >= 15 is 0 Å². The van der Waals surface area contributed by atoms with E-state index in [0.717, 1.165) is 12.1 Å². The van der Waals surface area contributed by atoms with Crippen molar-refractivity contribution in [3.63, 3.8) is 0 Å². The highest BCUT2D eigenvalue weighted by Gasteiger charge is 2.41. The number of rotatable bonds is 4. The molecule has 0 bridgehead atoms. The molecule has 2 atom stereocenters. The third-order valence-electron chi connectivity index (χ3n) is 4.06. The summed E-state index contributed by atoms with van der Waals surface area (Å²) in [6.07, 6.45) is 2.30. The Morgan fingerprint density at radius 2 is 2.25 bits per heavy atom. The van der Waals surface area contributed by atoms with E-state index in [1.165, 1.54) is 18.9 Å². The Labute approximate surface area is 117 Å². The van der Waals surface area contributed by atoms with Gasteiger partial charge in [-0.15, -0.1) is 0 Å². The van der Waals surface area contributed by atoms with Gasteiger partial charge >= 0.3 is 0 Å². The highest BCUT2D eigenvalue weighted by Crippen LogP contribution is 2.39. The van der Waals surface area contributed by atoms with Crippen LogP contribution in [0.2, 0.25) is 0 Å². The summed E-state index contributed by atoms with van der Waals surface area (Å²) >= 11 is 0. The molecule has 6 heteroatoms. The molecule has 0 amide bonds. The Morgan fingerprint density at radius 3 is 2.90 bits per heavy atom. The van der Waals surface area contributed by atoms with E-state index in [0.29, 0.717) is 19.2 Å². The van der Waals surface area contributed by atoms with E-state index in [9.17, 15) is 10.1 Å². The van der Waals surface area contributed by atoms with Gasteiger partial charge in [-0.05, 0) is 18.4 Å². The van der Waals surface area contributed by atoms with Gasteiger partial charge in [-0.3, -0.25) is 15.0 Å². The number of non-ortho nitro benzene ring substituents is 1. The van der Waals surface area contributed by atoms with Gasteiger partial charge in [0.2, 0.25) is 0 Å². The summed E-state index contributed by atoms with van der Waals surface area (Å²) < 4.78 is 5.77. The monoisotopic (exact) mass is 277 g/mol. The zero-order chi connectivity index (χ0) is 14.1. The maximum atomic E-state index is 11.0. The molecule has 1 saturated carbocycles. The predicted molar refractivity (Wildman–Crippen MR) is 74.4 cm³/mol. The summed E-state index contributed by atoms with van der Waals surface area (Å²) in [6, 6.07) is 7.45. The molecule has 1 aliphatic heterocycles. The molecule has 2 N–H and O–H groups in total. The van der Waals surface area contributed by atoms with E-state index in [4.69, 9.17) is 10.5 Å². The quantitative estimate of drug-likeness (QED) is 0.665. The number of hydrogen-bond acceptors (Lipinski definition) is 5. The molecule has 1 saturated heterocycles. The fourth-order valence-corrected chi connectivity index (χ4v) is 2.99. The smallest absolute Gasteiger partial charge is 0.269 e. The second-order valence-corrected chi connectivity index (χ2v) is 5.41. The van der Waals surface area contributed by atoms with E-state index in [-0.39, 0.29) is 22.8 Å². The number of ether oxygens (including phenoxy) is 1. The lowest BCUT2D eigenvalue weighted by molar-refractivity contribution is -0.385. The van der Waals surface area contributed by atoms with Crippen LogP contribution in [-0.4, -0.2) is 41.7 Å². The number of morpholine rings is 1. The van der Waals surface area contributed by atoms with Gasteiger partial charge in [0.25, 0.3) is 5.69 Å². The summed E-state index contributed by atoms with van der Waals surface area (Å²) in [4.78, 5) is 13.0. The first-order valence-corrected chi connectivity index (χ1v) is 7.02. The van der Waals surface area contributed by atoms with Crippen LogP contribution in [0.1, 0.15) is 24.4 Å². The Morgan fingerprint density at radius 1 is 1.45 bits per heavy atom. The van der Waals surface area contributed by atoms with Crippen LogP contribution in [0.15, 0.2) is 24.3 Å². The number of nitrogens with zero attached hydrogens (tertiary/aromatic N) is 2. The molecular weight excluding hydrogens is 258 g/mol. The van der Waals surface area contributed by atoms with Crippen LogP contribution < -0.4 is 5.73 Å².